The number of carbonyl (C=O) groups is 1. The third-order valence-corrected chi connectivity index (χ3v) is 8.53. The normalized spacial score (nSPS) is 21.6. The van der Waals surface area contributed by atoms with E-state index in [9.17, 15) is 27.1 Å². The van der Waals surface area contributed by atoms with Gasteiger partial charge in [-0.25, -0.2) is 17.2 Å². The fourth-order valence-corrected chi connectivity index (χ4v) is 6.41. The van der Waals surface area contributed by atoms with Gasteiger partial charge in [-0.3, -0.25) is 0 Å². The van der Waals surface area contributed by atoms with Crippen LogP contribution in [0.15, 0.2) is 47.4 Å². The maximum Gasteiger partial charge on any atom is 1.00 e. The van der Waals surface area contributed by atoms with Crippen molar-refractivity contribution < 1.29 is 46.0 Å². The predicted octanol–water partition coefficient (Wildman–Crippen LogP) is 1.01. The van der Waals surface area contributed by atoms with Crippen molar-refractivity contribution in [3.63, 3.8) is 0 Å². The van der Waals surface area contributed by atoms with Crippen LogP contribution in [0.3, 0.4) is 0 Å². The van der Waals surface area contributed by atoms with Crippen LogP contribution in [0.2, 0.25) is 5.02 Å². The third kappa shape index (κ3) is 4.91. The average Bonchev–Trinajstić information content (AvgIpc) is 2.69. The fraction of sp³-hybridized carbons (Fsp3) is 0.381. The molecule has 0 aliphatic heterocycles. The van der Waals surface area contributed by atoms with Gasteiger partial charge >= 0.3 is 18.9 Å². The van der Waals surface area contributed by atoms with Crippen LogP contribution in [-0.2, 0) is 19.4 Å². The minimum absolute atomic E-state index is 0. The first kappa shape index (κ1) is 24.9. The molecule has 1 saturated carbocycles. The number of carboxylic acid groups (broad SMARTS) is 1. The molecule has 0 amide bonds. The van der Waals surface area contributed by atoms with Gasteiger partial charge in [0.15, 0.2) is 9.84 Å². The zero-order chi connectivity index (χ0) is 21.2. The van der Waals surface area contributed by atoms with Gasteiger partial charge in [0.05, 0.1) is 4.90 Å². The molecule has 0 N–H and O–H groups in total. The van der Waals surface area contributed by atoms with E-state index in [0.29, 0.717) is 24.3 Å². The van der Waals surface area contributed by atoms with Crippen LogP contribution in [-0.4, -0.2) is 14.4 Å². The number of halogens is 3. The number of aliphatic carboxylic acids is 1. The Morgan fingerprint density at radius 3 is 2.27 bits per heavy atom. The molecule has 1 aliphatic carbocycles. The zero-order valence-corrected chi connectivity index (χ0v) is 18.1. The van der Waals surface area contributed by atoms with Crippen molar-refractivity contribution in [3.8, 4) is 0 Å². The van der Waals surface area contributed by atoms with E-state index in [-0.39, 0.29) is 54.5 Å². The second-order valence-electron chi connectivity index (χ2n) is 7.43. The van der Waals surface area contributed by atoms with Crippen molar-refractivity contribution in [2.75, 3.05) is 0 Å². The minimum Gasteiger partial charge on any atom is -0.550 e. The van der Waals surface area contributed by atoms with Gasteiger partial charge in [-0.15, -0.1) is 0 Å². The zero-order valence-electron chi connectivity index (χ0n) is 16.5. The Labute approximate surface area is 191 Å². The Morgan fingerprint density at radius 1 is 1.10 bits per heavy atom. The molecule has 0 radical (unpaired) electrons. The molecule has 9 heteroatoms. The van der Waals surface area contributed by atoms with Gasteiger partial charge in [0, 0.05) is 16.6 Å². The summed E-state index contributed by atoms with van der Waals surface area (Å²) in [4.78, 5) is 10.7. The summed E-state index contributed by atoms with van der Waals surface area (Å²) in [5.74, 6) is -2.67. The first-order chi connectivity index (χ1) is 13.7. The SMILES string of the molecule is O=C([O-])CCC1CCC(c2cc(F)ccc2F)(S(=O)(=O)c2ccc(Cl)cc2)CC1.[Li+]. The van der Waals surface area contributed by atoms with Gasteiger partial charge in [0.2, 0.25) is 0 Å². The van der Waals surface area contributed by atoms with Crippen molar-refractivity contribution in [2.45, 2.75) is 48.2 Å². The second kappa shape index (κ2) is 9.82. The Hall–Kier alpha value is -1.39. The van der Waals surface area contributed by atoms with E-state index in [1.54, 1.807) is 0 Å². The van der Waals surface area contributed by atoms with Crippen molar-refractivity contribution in [2.24, 2.45) is 5.92 Å². The standard InChI is InChI=1S/C21H21ClF2O4S.Li/c22-15-2-5-17(6-3-15)29(27,28)21(18-13-16(23)4-7-19(18)24)11-9-14(10-12-21)1-8-20(25)26;/h2-7,13-14H,1,8-12H2,(H,25,26);/q;+1/p-1. The molecule has 0 atom stereocenters. The Balaban J connectivity index is 0.00000320. The summed E-state index contributed by atoms with van der Waals surface area (Å²) in [7, 11) is -4.08. The van der Waals surface area contributed by atoms with Gasteiger partial charge in [0.1, 0.15) is 16.4 Å². The average molecular weight is 449 g/mol. The number of sulfone groups is 1. The Bertz CT molecular complexity index is 1000. The van der Waals surface area contributed by atoms with Gasteiger partial charge < -0.3 is 9.90 Å². The number of carboxylic acids is 1. The van der Waals surface area contributed by atoms with E-state index in [4.69, 9.17) is 11.6 Å². The fourth-order valence-electron chi connectivity index (χ4n) is 4.12. The molecule has 3 rings (SSSR count). The minimum atomic E-state index is -4.08. The molecule has 4 nitrogen and oxygen atoms in total. The maximum atomic E-state index is 14.7. The molecule has 30 heavy (non-hydrogen) atoms. The van der Waals surface area contributed by atoms with Crippen LogP contribution in [0, 0.1) is 17.6 Å². The predicted molar refractivity (Wildman–Crippen MR) is 103 cm³/mol. The summed E-state index contributed by atoms with van der Waals surface area (Å²) in [5, 5.41) is 11.1. The number of hydrogen-bond acceptors (Lipinski definition) is 4. The largest absolute Gasteiger partial charge is 1.00 e. The molecule has 1 fully saturated rings. The topological polar surface area (TPSA) is 74.3 Å². The molecular weight excluding hydrogens is 429 g/mol. The summed E-state index contributed by atoms with van der Waals surface area (Å²) in [6.45, 7) is 0. The Morgan fingerprint density at radius 2 is 1.70 bits per heavy atom. The van der Waals surface area contributed by atoms with Crippen molar-refractivity contribution in [3.05, 3.63) is 64.7 Å². The summed E-state index contributed by atoms with van der Waals surface area (Å²) < 4.78 is 54.3. The van der Waals surface area contributed by atoms with Gasteiger partial charge in [-0.1, -0.05) is 11.6 Å². The van der Waals surface area contributed by atoms with E-state index in [2.05, 4.69) is 0 Å². The first-order valence-electron chi connectivity index (χ1n) is 9.31. The molecule has 156 valence electrons. The molecule has 0 bridgehead atoms. The van der Waals surface area contributed by atoms with Crippen molar-refractivity contribution >= 4 is 27.4 Å². The van der Waals surface area contributed by atoms with Crippen molar-refractivity contribution in [1.29, 1.82) is 0 Å². The van der Waals surface area contributed by atoms with Gasteiger partial charge in [0.25, 0.3) is 0 Å². The number of benzene rings is 2. The first-order valence-corrected chi connectivity index (χ1v) is 11.2. The van der Waals surface area contributed by atoms with Gasteiger partial charge in [-0.2, -0.15) is 0 Å². The molecule has 0 unspecified atom stereocenters. The molecule has 1 aliphatic rings. The quantitative estimate of drug-likeness (QED) is 0.618. The van der Waals surface area contributed by atoms with Gasteiger partial charge in [-0.05, 0) is 86.9 Å². The van der Waals surface area contributed by atoms with Crippen LogP contribution in [0.4, 0.5) is 8.78 Å². The summed E-state index contributed by atoms with van der Waals surface area (Å²) in [5.41, 5.74) is -0.189. The maximum absolute atomic E-state index is 14.7. The van der Waals surface area contributed by atoms with Crippen LogP contribution in [0.1, 0.15) is 44.1 Å². The van der Waals surface area contributed by atoms with Crippen LogP contribution >= 0.6 is 11.6 Å². The monoisotopic (exact) mass is 448 g/mol. The van der Waals surface area contributed by atoms with E-state index >= 15 is 0 Å². The van der Waals surface area contributed by atoms with E-state index < -0.39 is 32.2 Å². The number of hydrogen-bond donors (Lipinski definition) is 0. The van der Waals surface area contributed by atoms with E-state index in [1.807, 2.05) is 0 Å². The van der Waals surface area contributed by atoms with Crippen LogP contribution in [0.25, 0.3) is 0 Å². The number of carbonyl (C=O) groups excluding carboxylic acids is 1. The van der Waals surface area contributed by atoms with Crippen LogP contribution < -0.4 is 24.0 Å². The Kier molecular flexibility index (Phi) is 8.14. The molecule has 0 spiro atoms. The molecule has 0 saturated heterocycles. The smallest absolute Gasteiger partial charge is 0.550 e. The summed E-state index contributed by atoms with van der Waals surface area (Å²) in [6.07, 6.45) is 1.15. The second-order valence-corrected chi connectivity index (χ2v) is 10.1. The van der Waals surface area contributed by atoms with E-state index in [1.165, 1.54) is 24.3 Å². The number of rotatable bonds is 6. The molecule has 2 aromatic carbocycles. The molecule has 0 heterocycles. The van der Waals surface area contributed by atoms with Crippen LogP contribution in [0.5, 0.6) is 0 Å². The molecular formula is C21H20ClF2LiO4S. The van der Waals surface area contributed by atoms with Crippen molar-refractivity contribution in [1.82, 2.24) is 0 Å². The molecule has 2 aromatic rings. The summed E-state index contributed by atoms with van der Waals surface area (Å²) in [6, 6.07) is 8.44. The van der Waals surface area contributed by atoms with E-state index in [0.717, 1.165) is 18.2 Å². The summed E-state index contributed by atoms with van der Waals surface area (Å²) >= 11 is 5.87. The third-order valence-electron chi connectivity index (χ3n) is 5.73. The molecule has 0 aromatic heterocycles.